The summed E-state index contributed by atoms with van der Waals surface area (Å²) >= 11 is 0. The van der Waals surface area contributed by atoms with Crippen molar-refractivity contribution in [2.24, 2.45) is 0 Å². The van der Waals surface area contributed by atoms with E-state index in [4.69, 9.17) is 5.26 Å². The molecule has 16 heavy (non-hydrogen) atoms. The Morgan fingerprint density at radius 1 is 1.31 bits per heavy atom. The smallest absolute Gasteiger partial charge is 0.304 e. The van der Waals surface area contributed by atoms with Gasteiger partial charge < -0.3 is 5.32 Å². The van der Waals surface area contributed by atoms with Crippen molar-refractivity contribution in [1.29, 1.82) is 5.26 Å². The average Bonchev–Trinajstić information content (AvgIpc) is 2.18. The maximum absolute atomic E-state index is 13.2. The van der Waals surface area contributed by atoms with E-state index in [2.05, 4.69) is 5.32 Å². The maximum atomic E-state index is 13.2. The molecule has 0 saturated heterocycles. The standard InChI is InChI=1S/C10H8F4N2/c11-9-3-7(4-15)1-2-8(9)5-16-6-10(12,13)14/h1-3,16H,5-6H2. The second kappa shape index (κ2) is 4.94. The second-order valence-corrected chi connectivity index (χ2v) is 3.14. The molecule has 2 nitrogen and oxygen atoms in total. The van der Waals surface area contributed by atoms with Crippen LogP contribution < -0.4 is 5.32 Å². The summed E-state index contributed by atoms with van der Waals surface area (Å²) in [6.07, 6.45) is -4.32. The molecule has 0 radical (unpaired) electrons. The van der Waals surface area contributed by atoms with Crippen LogP contribution in [0.2, 0.25) is 0 Å². The van der Waals surface area contributed by atoms with Gasteiger partial charge in [-0.2, -0.15) is 18.4 Å². The summed E-state index contributed by atoms with van der Waals surface area (Å²) in [6.45, 7) is -1.40. The normalized spacial score (nSPS) is 11.2. The van der Waals surface area contributed by atoms with Crippen LogP contribution in [0.5, 0.6) is 0 Å². The Balaban J connectivity index is 2.59. The van der Waals surface area contributed by atoms with Gasteiger partial charge in [0.25, 0.3) is 0 Å². The fraction of sp³-hybridized carbons (Fsp3) is 0.300. The van der Waals surface area contributed by atoms with Crippen LogP contribution in [0.25, 0.3) is 0 Å². The Bertz CT molecular complexity index is 406. The first-order valence-electron chi connectivity index (χ1n) is 4.38. The summed E-state index contributed by atoms with van der Waals surface area (Å²) in [6, 6.07) is 5.37. The summed E-state index contributed by atoms with van der Waals surface area (Å²) < 4.78 is 48.5. The third-order valence-corrected chi connectivity index (χ3v) is 1.82. The van der Waals surface area contributed by atoms with Crippen molar-refractivity contribution < 1.29 is 17.6 Å². The lowest BCUT2D eigenvalue weighted by atomic mass is 10.1. The number of nitriles is 1. The van der Waals surface area contributed by atoms with Gasteiger partial charge in [0.1, 0.15) is 5.82 Å². The van der Waals surface area contributed by atoms with Crippen LogP contribution in [0.4, 0.5) is 17.6 Å². The minimum Gasteiger partial charge on any atom is -0.304 e. The van der Waals surface area contributed by atoms with Gasteiger partial charge in [0.15, 0.2) is 0 Å². The van der Waals surface area contributed by atoms with E-state index in [0.717, 1.165) is 6.07 Å². The number of nitrogens with one attached hydrogen (secondary N) is 1. The fourth-order valence-corrected chi connectivity index (χ4v) is 1.10. The van der Waals surface area contributed by atoms with Gasteiger partial charge in [0, 0.05) is 12.1 Å². The SMILES string of the molecule is N#Cc1ccc(CNCC(F)(F)F)c(F)c1. The quantitative estimate of drug-likeness (QED) is 0.812. The Morgan fingerprint density at radius 2 is 2.00 bits per heavy atom. The molecule has 1 aromatic rings. The average molecular weight is 232 g/mol. The summed E-state index contributed by atoms with van der Waals surface area (Å²) in [4.78, 5) is 0. The zero-order chi connectivity index (χ0) is 12.2. The van der Waals surface area contributed by atoms with Gasteiger partial charge in [-0.05, 0) is 12.1 Å². The molecule has 0 aliphatic carbocycles. The van der Waals surface area contributed by atoms with E-state index in [1.54, 1.807) is 6.07 Å². The van der Waals surface area contributed by atoms with Crippen molar-refractivity contribution in [2.45, 2.75) is 12.7 Å². The molecule has 0 spiro atoms. The first-order chi connectivity index (χ1) is 7.42. The number of hydrogen-bond donors (Lipinski definition) is 1. The van der Waals surface area contributed by atoms with Crippen LogP contribution in [0.15, 0.2) is 18.2 Å². The predicted molar refractivity (Wildman–Crippen MR) is 48.9 cm³/mol. The van der Waals surface area contributed by atoms with E-state index < -0.39 is 18.5 Å². The Morgan fingerprint density at radius 3 is 2.50 bits per heavy atom. The molecule has 0 saturated carbocycles. The molecule has 0 aromatic heterocycles. The molecular weight excluding hydrogens is 224 g/mol. The molecule has 1 rings (SSSR count). The number of hydrogen-bond acceptors (Lipinski definition) is 2. The third kappa shape index (κ3) is 3.87. The van der Waals surface area contributed by atoms with Crippen LogP contribution in [0.3, 0.4) is 0 Å². The highest BCUT2D eigenvalue weighted by atomic mass is 19.4. The minimum absolute atomic E-state index is 0.100. The zero-order valence-electron chi connectivity index (χ0n) is 8.11. The number of nitrogens with zero attached hydrogens (tertiary/aromatic N) is 1. The van der Waals surface area contributed by atoms with Gasteiger partial charge in [-0.25, -0.2) is 4.39 Å². The molecule has 0 aliphatic heterocycles. The topological polar surface area (TPSA) is 35.8 Å². The number of halogens is 4. The molecule has 0 heterocycles. The van der Waals surface area contributed by atoms with Crippen molar-refractivity contribution in [1.82, 2.24) is 5.32 Å². The highest BCUT2D eigenvalue weighted by Gasteiger charge is 2.26. The van der Waals surface area contributed by atoms with Crippen molar-refractivity contribution in [3.63, 3.8) is 0 Å². The molecule has 0 unspecified atom stereocenters. The lowest BCUT2D eigenvalue weighted by molar-refractivity contribution is -0.125. The summed E-state index contributed by atoms with van der Waals surface area (Å²) in [5.41, 5.74) is 0.236. The summed E-state index contributed by atoms with van der Waals surface area (Å²) in [5, 5.41) is 10.5. The van der Waals surface area contributed by atoms with Crippen molar-refractivity contribution in [2.75, 3.05) is 6.54 Å². The first-order valence-corrected chi connectivity index (χ1v) is 4.38. The predicted octanol–water partition coefficient (Wildman–Crippen LogP) is 2.35. The molecule has 0 bridgehead atoms. The number of benzene rings is 1. The second-order valence-electron chi connectivity index (χ2n) is 3.14. The molecule has 1 N–H and O–H groups in total. The highest BCUT2D eigenvalue weighted by molar-refractivity contribution is 5.32. The van der Waals surface area contributed by atoms with E-state index in [0.29, 0.717) is 0 Å². The summed E-state index contributed by atoms with van der Waals surface area (Å²) in [7, 11) is 0. The van der Waals surface area contributed by atoms with E-state index >= 15 is 0 Å². The molecular formula is C10H8F4N2. The Kier molecular flexibility index (Phi) is 3.85. The number of rotatable bonds is 3. The van der Waals surface area contributed by atoms with Crippen LogP contribution in [0, 0.1) is 17.1 Å². The van der Waals surface area contributed by atoms with Gasteiger partial charge in [-0.3, -0.25) is 0 Å². The molecule has 86 valence electrons. The molecule has 0 atom stereocenters. The molecule has 1 aromatic carbocycles. The zero-order valence-corrected chi connectivity index (χ0v) is 8.11. The van der Waals surface area contributed by atoms with Gasteiger partial charge in [0.2, 0.25) is 0 Å². The van der Waals surface area contributed by atoms with Gasteiger partial charge in [-0.15, -0.1) is 0 Å². The Labute approximate surface area is 89.5 Å². The molecule has 0 amide bonds. The lowest BCUT2D eigenvalue weighted by Crippen LogP contribution is -2.28. The monoisotopic (exact) mass is 232 g/mol. The van der Waals surface area contributed by atoms with Gasteiger partial charge in [0.05, 0.1) is 18.2 Å². The summed E-state index contributed by atoms with van der Waals surface area (Å²) in [5.74, 6) is -0.686. The molecule has 0 aliphatic rings. The van der Waals surface area contributed by atoms with Crippen molar-refractivity contribution in [3.8, 4) is 6.07 Å². The largest absolute Gasteiger partial charge is 0.401 e. The van der Waals surface area contributed by atoms with Crippen LogP contribution >= 0.6 is 0 Å². The highest BCUT2D eigenvalue weighted by Crippen LogP contribution is 2.14. The van der Waals surface area contributed by atoms with E-state index in [1.165, 1.54) is 12.1 Å². The van der Waals surface area contributed by atoms with Crippen LogP contribution in [-0.2, 0) is 6.54 Å². The van der Waals surface area contributed by atoms with Crippen molar-refractivity contribution in [3.05, 3.63) is 35.1 Å². The van der Waals surface area contributed by atoms with E-state index in [9.17, 15) is 17.6 Å². The molecule has 6 heteroatoms. The minimum atomic E-state index is -4.32. The van der Waals surface area contributed by atoms with E-state index in [1.807, 2.05) is 0 Å². The van der Waals surface area contributed by atoms with E-state index in [-0.39, 0.29) is 17.7 Å². The van der Waals surface area contributed by atoms with Crippen LogP contribution in [-0.4, -0.2) is 12.7 Å². The first kappa shape index (κ1) is 12.5. The fourth-order valence-electron chi connectivity index (χ4n) is 1.10. The number of alkyl halides is 3. The van der Waals surface area contributed by atoms with Gasteiger partial charge in [-0.1, -0.05) is 6.07 Å². The third-order valence-electron chi connectivity index (χ3n) is 1.82. The van der Waals surface area contributed by atoms with Crippen molar-refractivity contribution >= 4 is 0 Å². The Hall–Kier alpha value is -1.61. The van der Waals surface area contributed by atoms with Gasteiger partial charge >= 0.3 is 6.18 Å². The molecule has 0 fully saturated rings. The maximum Gasteiger partial charge on any atom is 0.401 e. The lowest BCUT2D eigenvalue weighted by Gasteiger charge is -2.08. The van der Waals surface area contributed by atoms with Crippen LogP contribution in [0.1, 0.15) is 11.1 Å².